The Balaban J connectivity index is 1.85. The van der Waals surface area contributed by atoms with Gasteiger partial charge < -0.3 is 10.5 Å². The Morgan fingerprint density at radius 1 is 1.00 bits per heavy atom. The van der Waals surface area contributed by atoms with Gasteiger partial charge in [0.15, 0.2) is 5.41 Å². The molecular weight excluding hydrogens is 384 g/mol. The maximum Gasteiger partial charge on any atom is 0.191 e. The first-order valence-corrected chi connectivity index (χ1v) is 10.3. The average Bonchev–Trinajstić information content (AvgIpc) is 2.83. The quantitative estimate of drug-likeness (QED) is 0.780. The minimum absolute atomic E-state index is 0.0484. The number of ether oxygens (including phenoxy) is 1. The monoisotopic (exact) mass is 406 g/mol. The van der Waals surface area contributed by atoms with E-state index in [1.54, 1.807) is 0 Å². The second-order valence-electron chi connectivity index (χ2n) is 7.92. The van der Waals surface area contributed by atoms with Gasteiger partial charge in [-0.1, -0.05) is 54.6 Å². The fourth-order valence-corrected chi connectivity index (χ4v) is 4.82. The van der Waals surface area contributed by atoms with Gasteiger partial charge in [-0.15, -0.1) is 0 Å². The molecule has 0 saturated heterocycles. The maximum absolute atomic E-state index is 10.2. The van der Waals surface area contributed by atoms with Crippen molar-refractivity contribution in [3.8, 4) is 24.0 Å². The van der Waals surface area contributed by atoms with Crippen LogP contribution in [0.3, 0.4) is 0 Å². The molecule has 5 nitrogen and oxygen atoms in total. The van der Waals surface area contributed by atoms with E-state index in [1.165, 1.54) is 0 Å². The number of hydrogen-bond donors (Lipinski definition) is 1. The number of fused-ring (bicyclic) bond motifs is 1. The summed E-state index contributed by atoms with van der Waals surface area (Å²) < 4.78 is 6.17. The minimum atomic E-state index is -1.63. The number of rotatable bonds is 4. The fourth-order valence-electron chi connectivity index (χ4n) is 4.82. The van der Waals surface area contributed by atoms with Gasteiger partial charge in [0.2, 0.25) is 0 Å². The van der Waals surface area contributed by atoms with Gasteiger partial charge in [-0.25, -0.2) is 0 Å². The summed E-state index contributed by atoms with van der Waals surface area (Å²) in [4.78, 5) is 0. The van der Waals surface area contributed by atoms with Crippen LogP contribution in [0.4, 0.5) is 0 Å². The third-order valence-electron chi connectivity index (χ3n) is 6.29. The molecule has 0 saturated carbocycles. The number of nitrogens with zero attached hydrogens (tertiary/aromatic N) is 3. The van der Waals surface area contributed by atoms with Crippen molar-refractivity contribution in [1.82, 2.24) is 0 Å². The molecule has 2 aromatic rings. The van der Waals surface area contributed by atoms with Crippen LogP contribution in [-0.4, -0.2) is 0 Å². The Kier molecular flexibility index (Phi) is 5.48. The van der Waals surface area contributed by atoms with Crippen LogP contribution in [0.2, 0.25) is 0 Å². The molecule has 2 aliphatic carbocycles. The normalized spacial score (nSPS) is 21.6. The number of hydrogen-bond acceptors (Lipinski definition) is 5. The van der Waals surface area contributed by atoms with Gasteiger partial charge in [0, 0.05) is 11.5 Å². The van der Waals surface area contributed by atoms with Crippen molar-refractivity contribution in [1.29, 1.82) is 15.8 Å². The van der Waals surface area contributed by atoms with Gasteiger partial charge in [0.05, 0.1) is 23.4 Å². The van der Waals surface area contributed by atoms with Gasteiger partial charge in [0.1, 0.15) is 18.4 Å². The number of nitriles is 3. The standard InChI is InChI=1S/C26H22N4O/c27-14-22-19-10-4-5-11-20(19)24(26(16-28,17-29)25(22)30)21-12-6-7-13-23(21)31-15-18-8-2-1-3-9-18/h1-3,6-10,12-13,20,24H,4-5,11,15,30H2/t20-,24-/m0/s1. The summed E-state index contributed by atoms with van der Waals surface area (Å²) >= 11 is 0. The predicted octanol–water partition coefficient (Wildman–Crippen LogP) is 4.86. The number of nitrogens with two attached hydrogens (primary N) is 1. The zero-order valence-electron chi connectivity index (χ0n) is 17.1. The van der Waals surface area contributed by atoms with Crippen LogP contribution in [0.1, 0.15) is 36.3 Å². The maximum atomic E-state index is 10.2. The van der Waals surface area contributed by atoms with Crippen molar-refractivity contribution in [3.63, 3.8) is 0 Å². The molecule has 2 atom stereocenters. The highest BCUT2D eigenvalue weighted by Crippen LogP contribution is 2.57. The fraction of sp³-hybridized carbons (Fsp3) is 0.269. The van der Waals surface area contributed by atoms with Crippen LogP contribution in [0.25, 0.3) is 0 Å². The molecule has 2 N–H and O–H groups in total. The summed E-state index contributed by atoms with van der Waals surface area (Å²) in [7, 11) is 0. The van der Waals surface area contributed by atoms with E-state index in [1.807, 2.05) is 60.7 Å². The molecule has 0 spiro atoms. The van der Waals surface area contributed by atoms with E-state index in [0.29, 0.717) is 12.4 Å². The highest BCUT2D eigenvalue weighted by molar-refractivity contribution is 5.60. The third kappa shape index (κ3) is 3.33. The smallest absolute Gasteiger partial charge is 0.191 e. The Morgan fingerprint density at radius 3 is 2.42 bits per heavy atom. The second kappa shape index (κ2) is 8.39. The molecule has 0 unspecified atom stereocenters. The van der Waals surface area contributed by atoms with Gasteiger partial charge in [0.25, 0.3) is 0 Å². The number of para-hydroxylation sites is 1. The van der Waals surface area contributed by atoms with Crippen LogP contribution < -0.4 is 10.5 Å². The van der Waals surface area contributed by atoms with Crippen LogP contribution in [-0.2, 0) is 6.61 Å². The molecule has 152 valence electrons. The lowest BCUT2D eigenvalue weighted by molar-refractivity contribution is 0.276. The molecule has 0 radical (unpaired) electrons. The molecule has 0 aliphatic heterocycles. The van der Waals surface area contributed by atoms with E-state index in [4.69, 9.17) is 10.5 Å². The molecule has 31 heavy (non-hydrogen) atoms. The summed E-state index contributed by atoms with van der Waals surface area (Å²) in [5, 5.41) is 30.2. The van der Waals surface area contributed by atoms with E-state index < -0.39 is 11.3 Å². The van der Waals surface area contributed by atoms with E-state index in [-0.39, 0.29) is 17.2 Å². The highest BCUT2D eigenvalue weighted by atomic mass is 16.5. The summed E-state index contributed by atoms with van der Waals surface area (Å²) in [5.41, 5.74) is 7.73. The Morgan fingerprint density at radius 2 is 1.71 bits per heavy atom. The largest absolute Gasteiger partial charge is 0.489 e. The number of allylic oxidation sites excluding steroid dienone is 4. The SMILES string of the molecule is N#CC1=C(N)C(C#N)(C#N)[C@H](c2ccccc2OCc2ccccc2)[C@H]2CCCC=C12. The van der Waals surface area contributed by atoms with Gasteiger partial charge in [-0.05, 0) is 42.4 Å². The van der Waals surface area contributed by atoms with Crippen molar-refractivity contribution in [2.24, 2.45) is 17.1 Å². The lowest BCUT2D eigenvalue weighted by atomic mass is 9.56. The van der Waals surface area contributed by atoms with Gasteiger partial charge >= 0.3 is 0 Å². The van der Waals surface area contributed by atoms with Crippen molar-refractivity contribution >= 4 is 0 Å². The van der Waals surface area contributed by atoms with E-state index in [9.17, 15) is 15.8 Å². The van der Waals surface area contributed by atoms with Crippen LogP contribution in [0, 0.1) is 45.3 Å². The van der Waals surface area contributed by atoms with E-state index >= 15 is 0 Å². The molecule has 0 aromatic heterocycles. The molecule has 2 aromatic carbocycles. The molecule has 5 heteroatoms. The first kappa shape index (κ1) is 20.3. The highest BCUT2D eigenvalue weighted by Gasteiger charge is 2.54. The predicted molar refractivity (Wildman–Crippen MR) is 116 cm³/mol. The van der Waals surface area contributed by atoms with Crippen LogP contribution in [0.5, 0.6) is 5.75 Å². The topological polar surface area (TPSA) is 107 Å². The molecule has 0 fully saturated rings. The first-order valence-electron chi connectivity index (χ1n) is 10.3. The molecule has 4 rings (SSSR count). The third-order valence-corrected chi connectivity index (χ3v) is 6.29. The van der Waals surface area contributed by atoms with Crippen molar-refractivity contribution < 1.29 is 4.74 Å². The first-order chi connectivity index (χ1) is 15.2. The van der Waals surface area contributed by atoms with Gasteiger partial charge in [-0.3, -0.25) is 0 Å². The van der Waals surface area contributed by atoms with Gasteiger partial charge in [-0.2, -0.15) is 15.8 Å². The number of benzene rings is 2. The molecule has 0 amide bonds. The zero-order chi connectivity index (χ0) is 21.8. The summed E-state index contributed by atoms with van der Waals surface area (Å²) in [6.07, 6.45) is 4.62. The van der Waals surface area contributed by atoms with Crippen LogP contribution >= 0.6 is 0 Å². The lowest BCUT2D eigenvalue weighted by Gasteiger charge is -2.43. The van der Waals surface area contributed by atoms with Crippen LogP contribution in [0.15, 0.2) is 77.5 Å². The Labute approximate surface area is 182 Å². The lowest BCUT2D eigenvalue weighted by Crippen LogP contribution is -2.42. The Hall–Kier alpha value is -4.01. The Bertz CT molecular complexity index is 1160. The average molecular weight is 406 g/mol. The summed E-state index contributed by atoms with van der Waals surface area (Å²) in [6.45, 7) is 0.374. The molecular formula is C26H22N4O. The second-order valence-corrected chi connectivity index (χ2v) is 7.92. The minimum Gasteiger partial charge on any atom is -0.489 e. The van der Waals surface area contributed by atoms with Crippen molar-refractivity contribution in [2.75, 3.05) is 0 Å². The van der Waals surface area contributed by atoms with Crippen molar-refractivity contribution in [2.45, 2.75) is 31.8 Å². The summed E-state index contributed by atoms with van der Waals surface area (Å²) in [6, 6.07) is 23.9. The molecule has 0 heterocycles. The van der Waals surface area contributed by atoms with Crippen molar-refractivity contribution in [3.05, 3.63) is 88.6 Å². The molecule has 0 bridgehead atoms. The molecule has 2 aliphatic rings. The zero-order valence-corrected chi connectivity index (χ0v) is 17.1. The van der Waals surface area contributed by atoms with E-state index in [0.717, 1.165) is 36.0 Å². The summed E-state index contributed by atoms with van der Waals surface area (Å²) in [5.74, 6) is -0.0287. The van der Waals surface area contributed by atoms with E-state index in [2.05, 4.69) is 18.2 Å².